The predicted molar refractivity (Wildman–Crippen MR) is 122 cm³/mol. The highest BCUT2D eigenvalue weighted by Crippen LogP contribution is 2.25. The van der Waals surface area contributed by atoms with Gasteiger partial charge < -0.3 is 25.8 Å². The van der Waals surface area contributed by atoms with Crippen molar-refractivity contribution in [1.82, 2.24) is 16.0 Å². The SMILES string of the molecule is CCNC(=NCC(C)(O)c1cccs1)NCCCNC(=O)OC(C)(C)C.I. The monoisotopic (exact) mass is 512 g/mol. The first-order valence-corrected chi connectivity index (χ1v) is 9.77. The lowest BCUT2D eigenvalue weighted by molar-refractivity contribution is 0.0527. The first kappa shape index (κ1) is 25.9. The van der Waals surface area contributed by atoms with Crippen LogP contribution in [0.25, 0.3) is 0 Å². The van der Waals surface area contributed by atoms with Gasteiger partial charge in [0, 0.05) is 24.5 Å². The Hall–Kier alpha value is -1.07. The Balaban J connectivity index is 0.00000676. The van der Waals surface area contributed by atoms with Crippen LogP contribution in [0, 0.1) is 0 Å². The molecule has 0 bridgehead atoms. The lowest BCUT2D eigenvalue weighted by Crippen LogP contribution is -2.40. The summed E-state index contributed by atoms with van der Waals surface area (Å²) in [5.41, 5.74) is -1.48. The third-order valence-corrected chi connectivity index (χ3v) is 4.38. The summed E-state index contributed by atoms with van der Waals surface area (Å²) in [5, 5.41) is 21.6. The molecule has 1 aromatic rings. The Bertz CT molecular complexity index is 572. The predicted octanol–water partition coefficient (Wildman–Crippen LogP) is 3.04. The number of nitrogens with zero attached hydrogens (tertiary/aromatic N) is 1. The van der Waals surface area contributed by atoms with E-state index in [0.29, 0.717) is 19.0 Å². The van der Waals surface area contributed by atoms with E-state index in [9.17, 15) is 9.90 Å². The van der Waals surface area contributed by atoms with E-state index in [1.54, 1.807) is 6.92 Å². The zero-order valence-corrected chi connectivity index (χ0v) is 19.9. The fraction of sp³-hybridized carbons (Fsp3) is 0.667. The number of amides is 1. The van der Waals surface area contributed by atoms with E-state index in [2.05, 4.69) is 20.9 Å². The molecule has 9 heteroatoms. The fourth-order valence-electron chi connectivity index (χ4n) is 2.04. The van der Waals surface area contributed by atoms with Gasteiger partial charge >= 0.3 is 6.09 Å². The van der Waals surface area contributed by atoms with Crippen LogP contribution in [-0.2, 0) is 10.3 Å². The number of rotatable bonds is 8. The summed E-state index contributed by atoms with van der Waals surface area (Å²) in [5.74, 6) is 0.640. The molecule has 1 amide bonds. The molecule has 4 N–H and O–H groups in total. The molecule has 0 aliphatic rings. The summed E-state index contributed by atoms with van der Waals surface area (Å²) >= 11 is 1.51. The number of carbonyl (C=O) groups excluding carboxylic acids is 1. The minimum Gasteiger partial charge on any atom is -0.444 e. The largest absolute Gasteiger partial charge is 0.444 e. The third-order valence-electron chi connectivity index (χ3n) is 3.26. The van der Waals surface area contributed by atoms with Gasteiger partial charge in [0.05, 0.1) is 6.54 Å². The van der Waals surface area contributed by atoms with Crippen molar-refractivity contribution < 1.29 is 14.6 Å². The second-order valence-electron chi connectivity index (χ2n) is 7.16. The van der Waals surface area contributed by atoms with Crippen LogP contribution in [0.5, 0.6) is 0 Å². The van der Waals surface area contributed by atoms with Crippen molar-refractivity contribution in [2.75, 3.05) is 26.2 Å². The first-order valence-electron chi connectivity index (χ1n) is 8.89. The first-order chi connectivity index (χ1) is 12.1. The number of guanidine groups is 1. The number of hydrogen-bond acceptors (Lipinski definition) is 5. The van der Waals surface area contributed by atoms with Gasteiger partial charge in [-0.25, -0.2) is 9.79 Å². The van der Waals surface area contributed by atoms with Crippen molar-refractivity contribution in [3.63, 3.8) is 0 Å². The highest BCUT2D eigenvalue weighted by atomic mass is 127. The quantitative estimate of drug-likeness (QED) is 0.186. The van der Waals surface area contributed by atoms with Crippen LogP contribution in [-0.4, -0.2) is 48.9 Å². The van der Waals surface area contributed by atoms with E-state index < -0.39 is 17.3 Å². The minimum absolute atomic E-state index is 0. The van der Waals surface area contributed by atoms with Gasteiger partial charge in [-0.15, -0.1) is 35.3 Å². The molecular weight excluding hydrogens is 479 g/mol. The Morgan fingerprint density at radius 1 is 1.22 bits per heavy atom. The van der Waals surface area contributed by atoms with E-state index in [4.69, 9.17) is 4.74 Å². The topological polar surface area (TPSA) is 95.0 Å². The summed E-state index contributed by atoms with van der Waals surface area (Å²) in [4.78, 5) is 16.9. The summed E-state index contributed by atoms with van der Waals surface area (Å²) in [6, 6.07) is 3.82. The summed E-state index contributed by atoms with van der Waals surface area (Å²) in [6.07, 6.45) is 0.315. The molecule has 0 spiro atoms. The van der Waals surface area contributed by atoms with E-state index in [1.165, 1.54) is 11.3 Å². The number of alkyl carbamates (subject to hydrolysis) is 1. The van der Waals surface area contributed by atoms with Crippen LogP contribution in [0.1, 0.15) is 45.9 Å². The maximum atomic E-state index is 11.6. The summed E-state index contributed by atoms with van der Waals surface area (Å²) in [6.45, 7) is 11.4. The molecule has 1 unspecified atom stereocenters. The molecule has 0 aromatic carbocycles. The van der Waals surface area contributed by atoms with Gasteiger partial charge in [0.25, 0.3) is 0 Å². The van der Waals surface area contributed by atoms with Crippen molar-refractivity contribution in [2.45, 2.75) is 52.2 Å². The maximum Gasteiger partial charge on any atom is 0.407 e. The molecule has 0 saturated heterocycles. The lowest BCUT2D eigenvalue weighted by atomic mass is 10.1. The van der Waals surface area contributed by atoms with Crippen molar-refractivity contribution in [3.05, 3.63) is 22.4 Å². The molecule has 156 valence electrons. The third kappa shape index (κ3) is 11.4. The normalized spacial score (nSPS) is 13.9. The number of aliphatic hydroxyl groups is 1. The molecule has 7 nitrogen and oxygen atoms in total. The molecule has 1 heterocycles. The molecule has 1 rings (SSSR count). The lowest BCUT2D eigenvalue weighted by Gasteiger charge is -2.21. The number of hydrogen-bond donors (Lipinski definition) is 4. The summed E-state index contributed by atoms with van der Waals surface area (Å²) < 4.78 is 5.18. The van der Waals surface area contributed by atoms with E-state index >= 15 is 0 Å². The van der Waals surface area contributed by atoms with Gasteiger partial charge in [-0.1, -0.05) is 6.07 Å². The standard InChI is InChI=1S/C18H32N4O3S.HI/c1-6-19-15(22-13-18(5,24)14-9-7-12-26-14)20-10-8-11-21-16(23)25-17(2,3)4;/h7,9,12,24H,6,8,10-11,13H2,1-5H3,(H,21,23)(H2,19,20,22);1H. The van der Waals surface area contributed by atoms with Gasteiger partial charge in [-0.3, -0.25) is 0 Å². The highest BCUT2D eigenvalue weighted by molar-refractivity contribution is 14.0. The van der Waals surface area contributed by atoms with Crippen LogP contribution >= 0.6 is 35.3 Å². The number of thiophene rings is 1. The van der Waals surface area contributed by atoms with Crippen molar-refractivity contribution in [2.24, 2.45) is 4.99 Å². The molecule has 0 radical (unpaired) electrons. The highest BCUT2D eigenvalue weighted by Gasteiger charge is 2.24. The van der Waals surface area contributed by atoms with Crippen LogP contribution in [0.2, 0.25) is 0 Å². The van der Waals surface area contributed by atoms with Gasteiger partial charge in [-0.2, -0.15) is 0 Å². The molecule has 1 atom stereocenters. The van der Waals surface area contributed by atoms with Gasteiger partial charge in [-0.05, 0) is 52.5 Å². The van der Waals surface area contributed by atoms with E-state index in [0.717, 1.165) is 17.8 Å². The fourth-order valence-corrected chi connectivity index (χ4v) is 2.82. The van der Waals surface area contributed by atoms with Gasteiger partial charge in [0.15, 0.2) is 5.96 Å². The molecule has 0 fully saturated rings. The second-order valence-corrected chi connectivity index (χ2v) is 8.10. The van der Waals surface area contributed by atoms with E-state index in [1.807, 2.05) is 45.2 Å². The second kappa shape index (κ2) is 12.4. The average molecular weight is 512 g/mol. The Labute approximate surface area is 183 Å². The molecule has 0 aliphatic heterocycles. The van der Waals surface area contributed by atoms with Crippen molar-refractivity contribution >= 4 is 47.4 Å². The van der Waals surface area contributed by atoms with Crippen LogP contribution in [0.4, 0.5) is 4.79 Å². The smallest absolute Gasteiger partial charge is 0.407 e. The Morgan fingerprint density at radius 2 is 1.89 bits per heavy atom. The molecule has 27 heavy (non-hydrogen) atoms. The molecule has 1 aromatic heterocycles. The zero-order valence-electron chi connectivity index (χ0n) is 16.8. The number of carbonyl (C=O) groups is 1. The van der Waals surface area contributed by atoms with Crippen LogP contribution in [0.15, 0.2) is 22.5 Å². The minimum atomic E-state index is -0.991. The summed E-state index contributed by atoms with van der Waals surface area (Å²) in [7, 11) is 0. The Kier molecular flexibility index (Phi) is 11.9. The van der Waals surface area contributed by atoms with Crippen molar-refractivity contribution in [1.29, 1.82) is 0 Å². The maximum absolute atomic E-state index is 11.6. The van der Waals surface area contributed by atoms with Crippen LogP contribution < -0.4 is 16.0 Å². The zero-order chi connectivity index (χ0) is 19.6. The van der Waals surface area contributed by atoms with E-state index in [-0.39, 0.29) is 30.5 Å². The van der Waals surface area contributed by atoms with Crippen LogP contribution in [0.3, 0.4) is 0 Å². The number of ether oxygens (including phenoxy) is 1. The van der Waals surface area contributed by atoms with Crippen molar-refractivity contribution in [3.8, 4) is 0 Å². The molecule has 0 aliphatic carbocycles. The number of aliphatic imine (C=N–C) groups is 1. The van der Waals surface area contributed by atoms with Gasteiger partial charge in [0.2, 0.25) is 0 Å². The molecular formula is C18H33IN4O3S. The van der Waals surface area contributed by atoms with Gasteiger partial charge in [0.1, 0.15) is 11.2 Å². The average Bonchev–Trinajstić information content (AvgIpc) is 3.05. The number of halogens is 1. The number of nitrogens with one attached hydrogen (secondary N) is 3. The Morgan fingerprint density at radius 3 is 2.44 bits per heavy atom. The molecule has 0 saturated carbocycles.